The Kier molecular flexibility index (Phi) is 3.82. The third-order valence-electron chi connectivity index (χ3n) is 3.37. The smallest absolute Gasteiger partial charge is 0.231 e. The van der Waals surface area contributed by atoms with E-state index in [9.17, 15) is 0 Å². The number of aromatic nitrogens is 3. The molecule has 0 radical (unpaired) electrons. The molecule has 22 heavy (non-hydrogen) atoms. The maximum atomic E-state index is 5.37. The molecule has 0 saturated carbocycles. The van der Waals surface area contributed by atoms with E-state index in [2.05, 4.69) is 10.1 Å². The molecule has 1 aromatic carbocycles. The van der Waals surface area contributed by atoms with Gasteiger partial charge in [0.25, 0.3) is 0 Å². The van der Waals surface area contributed by atoms with Crippen molar-refractivity contribution in [3.8, 4) is 22.9 Å². The molecule has 0 N–H and O–H groups in total. The van der Waals surface area contributed by atoms with E-state index in [-0.39, 0.29) is 0 Å². The second kappa shape index (κ2) is 5.93. The molecule has 0 atom stereocenters. The molecule has 0 amide bonds. The Bertz CT molecular complexity index is 754. The van der Waals surface area contributed by atoms with E-state index < -0.39 is 0 Å². The van der Waals surface area contributed by atoms with Crippen LogP contribution in [0.25, 0.3) is 11.4 Å². The Morgan fingerprint density at radius 2 is 1.86 bits per heavy atom. The van der Waals surface area contributed by atoms with Crippen molar-refractivity contribution in [3.63, 3.8) is 0 Å². The summed E-state index contributed by atoms with van der Waals surface area (Å²) in [7, 11) is 5.18. The zero-order valence-corrected chi connectivity index (χ0v) is 12.7. The minimum atomic E-state index is 0.459. The van der Waals surface area contributed by atoms with E-state index in [1.165, 1.54) is 0 Å². The summed E-state index contributed by atoms with van der Waals surface area (Å²) in [5.74, 6) is 2.30. The number of nitrogens with zero attached hydrogens (tertiary/aromatic N) is 3. The molecule has 6 heteroatoms. The standard InChI is InChI=1S/C16H17N3O3/c1-19-8-7-11(10-19)9-14-17-16(18-22-14)15-12(20-2)5-4-6-13(15)21-3/h4-8,10H,9H2,1-3H3. The molecule has 0 spiro atoms. The van der Waals surface area contributed by atoms with Crippen molar-refractivity contribution in [1.29, 1.82) is 0 Å². The summed E-state index contributed by atoms with van der Waals surface area (Å²) in [6.07, 6.45) is 4.59. The monoisotopic (exact) mass is 299 g/mol. The van der Waals surface area contributed by atoms with Gasteiger partial charge in [-0.05, 0) is 23.8 Å². The minimum Gasteiger partial charge on any atom is -0.496 e. The second-order valence-electron chi connectivity index (χ2n) is 4.91. The van der Waals surface area contributed by atoms with Crippen LogP contribution >= 0.6 is 0 Å². The van der Waals surface area contributed by atoms with Gasteiger partial charge in [0.15, 0.2) is 0 Å². The molecule has 3 rings (SSSR count). The van der Waals surface area contributed by atoms with E-state index in [0.29, 0.717) is 35.2 Å². The number of rotatable bonds is 5. The van der Waals surface area contributed by atoms with Gasteiger partial charge in [-0.3, -0.25) is 0 Å². The fraction of sp³-hybridized carbons (Fsp3) is 0.250. The van der Waals surface area contributed by atoms with E-state index >= 15 is 0 Å². The second-order valence-corrected chi connectivity index (χ2v) is 4.91. The quantitative estimate of drug-likeness (QED) is 0.725. The van der Waals surface area contributed by atoms with Crippen LogP contribution in [0.1, 0.15) is 11.5 Å². The Morgan fingerprint density at radius 1 is 1.14 bits per heavy atom. The van der Waals surface area contributed by atoms with Crippen molar-refractivity contribution in [2.75, 3.05) is 14.2 Å². The summed E-state index contributed by atoms with van der Waals surface area (Å²) in [5.41, 5.74) is 1.81. The first-order chi connectivity index (χ1) is 10.7. The maximum absolute atomic E-state index is 5.37. The maximum Gasteiger partial charge on any atom is 0.231 e. The number of methoxy groups -OCH3 is 2. The molecule has 2 heterocycles. The average Bonchev–Trinajstić information content (AvgIpc) is 3.16. The highest BCUT2D eigenvalue weighted by atomic mass is 16.5. The first-order valence-corrected chi connectivity index (χ1v) is 6.86. The van der Waals surface area contributed by atoms with Gasteiger partial charge < -0.3 is 18.6 Å². The Morgan fingerprint density at radius 3 is 2.45 bits per heavy atom. The fourth-order valence-electron chi connectivity index (χ4n) is 2.34. The van der Waals surface area contributed by atoms with Crippen LogP contribution in [0.5, 0.6) is 11.5 Å². The Balaban J connectivity index is 1.94. The lowest BCUT2D eigenvalue weighted by Gasteiger charge is -2.09. The zero-order valence-electron chi connectivity index (χ0n) is 12.7. The van der Waals surface area contributed by atoms with E-state index in [4.69, 9.17) is 14.0 Å². The summed E-state index contributed by atoms with van der Waals surface area (Å²) < 4.78 is 18.1. The number of hydrogen-bond donors (Lipinski definition) is 0. The van der Waals surface area contributed by atoms with Crippen molar-refractivity contribution in [3.05, 3.63) is 48.1 Å². The molecule has 2 aromatic heterocycles. The van der Waals surface area contributed by atoms with Gasteiger partial charge in [-0.25, -0.2) is 0 Å². The molecule has 6 nitrogen and oxygen atoms in total. The van der Waals surface area contributed by atoms with Crippen molar-refractivity contribution in [2.45, 2.75) is 6.42 Å². The van der Waals surface area contributed by atoms with E-state index in [0.717, 1.165) is 5.56 Å². The van der Waals surface area contributed by atoms with Crippen molar-refractivity contribution in [2.24, 2.45) is 7.05 Å². The van der Waals surface area contributed by atoms with Crippen molar-refractivity contribution >= 4 is 0 Å². The summed E-state index contributed by atoms with van der Waals surface area (Å²) in [6, 6.07) is 7.55. The summed E-state index contributed by atoms with van der Waals surface area (Å²) in [5, 5.41) is 4.05. The summed E-state index contributed by atoms with van der Waals surface area (Å²) in [6.45, 7) is 0. The topological polar surface area (TPSA) is 62.3 Å². The summed E-state index contributed by atoms with van der Waals surface area (Å²) >= 11 is 0. The van der Waals surface area contributed by atoms with Gasteiger partial charge in [-0.2, -0.15) is 4.98 Å². The van der Waals surface area contributed by atoms with Gasteiger partial charge in [-0.15, -0.1) is 0 Å². The number of benzene rings is 1. The first kappa shape index (κ1) is 14.2. The molecule has 114 valence electrons. The lowest BCUT2D eigenvalue weighted by molar-refractivity contribution is 0.381. The normalized spacial score (nSPS) is 10.7. The van der Waals surface area contributed by atoms with Gasteiger partial charge in [0.2, 0.25) is 11.7 Å². The fourth-order valence-corrected chi connectivity index (χ4v) is 2.34. The van der Waals surface area contributed by atoms with Gasteiger partial charge in [0.05, 0.1) is 20.6 Å². The SMILES string of the molecule is COc1cccc(OC)c1-c1noc(Cc2ccn(C)c2)n1. The lowest BCUT2D eigenvalue weighted by atomic mass is 10.1. The first-order valence-electron chi connectivity index (χ1n) is 6.86. The van der Waals surface area contributed by atoms with Crippen molar-refractivity contribution < 1.29 is 14.0 Å². The van der Waals surface area contributed by atoms with Crippen molar-refractivity contribution in [1.82, 2.24) is 14.7 Å². The van der Waals surface area contributed by atoms with Crippen LogP contribution < -0.4 is 9.47 Å². The van der Waals surface area contributed by atoms with Crippen LogP contribution in [0, 0.1) is 0 Å². The average molecular weight is 299 g/mol. The molecule has 0 unspecified atom stereocenters. The van der Waals surface area contributed by atoms with Gasteiger partial charge in [0, 0.05) is 19.4 Å². The van der Waals surface area contributed by atoms with Crippen LogP contribution in [0.4, 0.5) is 0 Å². The minimum absolute atomic E-state index is 0.459. The lowest BCUT2D eigenvalue weighted by Crippen LogP contribution is -1.94. The van der Waals surface area contributed by atoms with Gasteiger partial charge >= 0.3 is 0 Å². The number of hydrogen-bond acceptors (Lipinski definition) is 5. The van der Waals surface area contributed by atoms with Crippen LogP contribution in [0.3, 0.4) is 0 Å². The Labute approximate surface area is 128 Å². The molecule has 0 aliphatic heterocycles. The number of ether oxygens (including phenoxy) is 2. The Hall–Kier alpha value is -2.76. The highest BCUT2D eigenvalue weighted by molar-refractivity contribution is 5.71. The largest absolute Gasteiger partial charge is 0.496 e. The van der Waals surface area contributed by atoms with E-state index in [1.807, 2.05) is 48.3 Å². The molecule has 3 aromatic rings. The molecule has 0 aliphatic rings. The van der Waals surface area contributed by atoms with Gasteiger partial charge in [0.1, 0.15) is 17.1 Å². The highest BCUT2D eigenvalue weighted by Crippen LogP contribution is 2.36. The van der Waals surface area contributed by atoms with Crippen LogP contribution in [0.15, 0.2) is 41.2 Å². The van der Waals surface area contributed by atoms with Crippen LogP contribution in [-0.2, 0) is 13.5 Å². The van der Waals surface area contributed by atoms with Crippen LogP contribution in [-0.4, -0.2) is 28.9 Å². The molecule has 0 bridgehead atoms. The molecule has 0 saturated heterocycles. The summed E-state index contributed by atoms with van der Waals surface area (Å²) in [4.78, 5) is 4.46. The third kappa shape index (κ3) is 2.67. The predicted molar refractivity (Wildman–Crippen MR) is 81.1 cm³/mol. The molecule has 0 aliphatic carbocycles. The van der Waals surface area contributed by atoms with Crippen LogP contribution in [0.2, 0.25) is 0 Å². The molecular weight excluding hydrogens is 282 g/mol. The number of aryl methyl sites for hydroxylation is 1. The zero-order chi connectivity index (χ0) is 15.5. The molecular formula is C16H17N3O3. The van der Waals surface area contributed by atoms with E-state index in [1.54, 1.807) is 14.2 Å². The molecule has 0 fully saturated rings. The predicted octanol–water partition coefficient (Wildman–Crippen LogP) is 2.68. The highest BCUT2D eigenvalue weighted by Gasteiger charge is 2.18. The third-order valence-corrected chi connectivity index (χ3v) is 3.37. The van der Waals surface area contributed by atoms with Gasteiger partial charge in [-0.1, -0.05) is 11.2 Å².